The third-order valence-corrected chi connectivity index (χ3v) is 3.75. The van der Waals surface area contributed by atoms with E-state index in [4.69, 9.17) is 4.74 Å². The zero-order valence-corrected chi connectivity index (χ0v) is 13.5. The van der Waals surface area contributed by atoms with E-state index in [0.717, 1.165) is 17.0 Å². The molecule has 1 heterocycles. The van der Waals surface area contributed by atoms with Crippen LogP contribution < -0.4 is 0 Å². The van der Waals surface area contributed by atoms with Crippen LogP contribution in [-0.2, 0) is 9.53 Å². The van der Waals surface area contributed by atoms with E-state index in [1.165, 1.54) is 0 Å². The fourth-order valence-electron chi connectivity index (χ4n) is 2.67. The molecule has 2 atom stereocenters. The number of halogens is 3. The number of nitrogens with zero attached hydrogens (tertiary/aromatic N) is 1. The second-order valence-corrected chi connectivity index (χ2v) is 6.70. The van der Waals surface area contributed by atoms with Crippen molar-refractivity contribution in [2.45, 2.75) is 32.3 Å². The minimum Gasteiger partial charge on any atom is -0.481 e. The zero-order valence-electron chi connectivity index (χ0n) is 13.5. The molecule has 1 aliphatic rings. The molecule has 1 fully saturated rings. The first kappa shape index (κ1) is 18.1. The van der Waals surface area contributed by atoms with E-state index in [2.05, 4.69) is 0 Å². The predicted octanol–water partition coefficient (Wildman–Crippen LogP) is 3.14. The average Bonchev–Trinajstić information content (AvgIpc) is 2.88. The number of carbonyl (C=O) groups is 2. The zero-order chi connectivity index (χ0) is 18.2. The molecule has 132 valence electrons. The Bertz CT molecular complexity index is 672. The number of rotatable bonds is 2. The number of hydrogen-bond acceptors (Lipinski definition) is 3. The van der Waals surface area contributed by atoms with Gasteiger partial charge in [-0.1, -0.05) is 6.07 Å². The molecular formula is C16H18F3NO4. The third-order valence-electron chi connectivity index (χ3n) is 3.75. The molecule has 0 radical (unpaired) electrons. The van der Waals surface area contributed by atoms with E-state index < -0.39 is 47.0 Å². The first-order valence-electron chi connectivity index (χ1n) is 7.35. The fourth-order valence-corrected chi connectivity index (χ4v) is 2.67. The van der Waals surface area contributed by atoms with Gasteiger partial charge in [0.1, 0.15) is 5.60 Å². The van der Waals surface area contributed by atoms with Crippen molar-refractivity contribution in [3.63, 3.8) is 0 Å². The van der Waals surface area contributed by atoms with Crippen LogP contribution in [0.4, 0.5) is 18.0 Å². The van der Waals surface area contributed by atoms with Crippen molar-refractivity contribution < 1.29 is 32.6 Å². The van der Waals surface area contributed by atoms with Crippen molar-refractivity contribution >= 4 is 12.1 Å². The highest BCUT2D eigenvalue weighted by atomic mass is 19.2. The van der Waals surface area contributed by atoms with Crippen molar-refractivity contribution in [2.75, 3.05) is 13.1 Å². The Balaban J connectivity index is 2.31. The van der Waals surface area contributed by atoms with Gasteiger partial charge in [0.2, 0.25) is 0 Å². The summed E-state index contributed by atoms with van der Waals surface area (Å²) in [7, 11) is 0. The number of hydrogen-bond donors (Lipinski definition) is 1. The number of benzene rings is 1. The van der Waals surface area contributed by atoms with Gasteiger partial charge in [-0.05, 0) is 32.4 Å². The van der Waals surface area contributed by atoms with Gasteiger partial charge in [-0.3, -0.25) is 4.79 Å². The first-order valence-corrected chi connectivity index (χ1v) is 7.35. The molecule has 5 nitrogen and oxygen atoms in total. The number of carboxylic acid groups (broad SMARTS) is 1. The number of amides is 1. The summed E-state index contributed by atoms with van der Waals surface area (Å²) in [6.45, 7) is 4.60. The molecule has 1 amide bonds. The first-order chi connectivity index (χ1) is 11.0. The van der Waals surface area contributed by atoms with Crippen molar-refractivity contribution in [3.8, 4) is 0 Å². The van der Waals surface area contributed by atoms with Gasteiger partial charge in [-0.25, -0.2) is 18.0 Å². The molecule has 1 aromatic carbocycles. The van der Waals surface area contributed by atoms with Crippen molar-refractivity contribution in [3.05, 3.63) is 35.1 Å². The molecular weight excluding hydrogens is 327 g/mol. The van der Waals surface area contributed by atoms with Gasteiger partial charge >= 0.3 is 12.1 Å². The molecule has 0 saturated carbocycles. The largest absolute Gasteiger partial charge is 0.481 e. The van der Waals surface area contributed by atoms with Crippen molar-refractivity contribution in [1.82, 2.24) is 4.90 Å². The molecule has 0 aliphatic carbocycles. The minimum absolute atomic E-state index is 0.159. The predicted molar refractivity (Wildman–Crippen MR) is 78.0 cm³/mol. The summed E-state index contributed by atoms with van der Waals surface area (Å²) in [5, 5.41) is 9.32. The number of aliphatic carboxylic acids is 1. The smallest absolute Gasteiger partial charge is 0.410 e. The molecule has 0 unspecified atom stereocenters. The van der Waals surface area contributed by atoms with E-state index in [0.29, 0.717) is 0 Å². The lowest BCUT2D eigenvalue weighted by Gasteiger charge is -2.24. The highest BCUT2D eigenvalue weighted by Gasteiger charge is 2.43. The molecule has 1 N–H and O–H groups in total. The number of carbonyl (C=O) groups excluding carboxylic acids is 1. The number of carboxylic acids is 1. The Morgan fingerprint density at radius 1 is 1.17 bits per heavy atom. The van der Waals surface area contributed by atoms with E-state index in [1.54, 1.807) is 20.8 Å². The summed E-state index contributed by atoms with van der Waals surface area (Å²) in [6.07, 6.45) is -0.737. The molecule has 0 bridgehead atoms. The minimum atomic E-state index is -1.66. The van der Waals surface area contributed by atoms with Gasteiger partial charge in [-0.15, -0.1) is 0 Å². The summed E-state index contributed by atoms with van der Waals surface area (Å²) in [5.41, 5.74) is -1.05. The van der Waals surface area contributed by atoms with Crippen LogP contribution in [0.5, 0.6) is 0 Å². The SMILES string of the molecule is CC(C)(C)OC(=O)N1C[C@H](C(=O)O)[C@@H](c2ccc(F)c(F)c2F)C1. The van der Waals surface area contributed by atoms with Crippen LogP contribution >= 0.6 is 0 Å². The van der Waals surface area contributed by atoms with Gasteiger partial charge in [0, 0.05) is 19.0 Å². The maximum atomic E-state index is 14.0. The Kier molecular flexibility index (Phi) is 4.77. The standard InChI is InChI=1S/C16H18F3NO4/c1-16(2,3)24-15(23)20-6-9(10(7-20)14(21)22)8-4-5-11(17)13(19)12(8)18/h4-5,9-10H,6-7H2,1-3H3,(H,21,22)/t9-,10+/m1/s1. The Morgan fingerprint density at radius 2 is 1.79 bits per heavy atom. The van der Waals surface area contributed by atoms with E-state index >= 15 is 0 Å². The molecule has 24 heavy (non-hydrogen) atoms. The maximum absolute atomic E-state index is 14.0. The van der Waals surface area contributed by atoms with Crippen LogP contribution in [0, 0.1) is 23.4 Å². The van der Waals surface area contributed by atoms with Gasteiger partial charge in [0.25, 0.3) is 0 Å². The summed E-state index contributed by atoms with van der Waals surface area (Å²) in [5.74, 6) is -7.84. The van der Waals surface area contributed by atoms with Crippen LogP contribution in [0.1, 0.15) is 32.3 Å². The van der Waals surface area contributed by atoms with E-state index in [1.807, 2.05) is 0 Å². The summed E-state index contributed by atoms with van der Waals surface area (Å²) in [6, 6.07) is 1.75. The summed E-state index contributed by atoms with van der Waals surface area (Å²) < 4.78 is 45.7. The lowest BCUT2D eigenvalue weighted by molar-refractivity contribution is -0.141. The molecule has 2 rings (SSSR count). The number of likely N-dealkylation sites (tertiary alicyclic amines) is 1. The summed E-state index contributed by atoms with van der Waals surface area (Å²) >= 11 is 0. The Hall–Kier alpha value is -2.25. The van der Waals surface area contributed by atoms with Crippen LogP contribution in [0.3, 0.4) is 0 Å². The lowest BCUT2D eigenvalue weighted by Crippen LogP contribution is -2.35. The summed E-state index contributed by atoms with van der Waals surface area (Å²) in [4.78, 5) is 24.7. The Labute approximate surface area is 137 Å². The molecule has 1 aromatic rings. The van der Waals surface area contributed by atoms with Gasteiger partial charge in [-0.2, -0.15) is 0 Å². The van der Waals surface area contributed by atoms with Crippen LogP contribution in [-0.4, -0.2) is 40.8 Å². The van der Waals surface area contributed by atoms with Gasteiger partial charge < -0.3 is 14.7 Å². The molecule has 0 spiro atoms. The second-order valence-electron chi connectivity index (χ2n) is 6.70. The highest BCUT2D eigenvalue weighted by Crippen LogP contribution is 2.36. The van der Waals surface area contributed by atoms with Crippen molar-refractivity contribution in [1.29, 1.82) is 0 Å². The van der Waals surface area contributed by atoms with Gasteiger partial charge in [0.05, 0.1) is 5.92 Å². The highest BCUT2D eigenvalue weighted by molar-refractivity contribution is 5.76. The molecule has 0 aromatic heterocycles. The quantitative estimate of drug-likeness (QED) is 0.836. The number of ether oxygens (including phenoxy) is 1. The van der Waals surface area contributed by atoms with E-state index in [9.17, 15) is 27.9 Å². The topological polar surface area (TPSA) is 66.8 Å². The average molecular weight is 345 g/mol. The second kappa shape index (κ2) is 6.33. The monoisotopic (exact) mass is 345 g/mol. The van der Waals surface area contributed by atoms with E-state index in [-0.39, 0.29) is 18.7 Å². The Morgan fingerprint density at radius 3 is 2.33 bits per heavy atom. The van der Waals surface area contributed by atoms with Crippen LogP contribution in [0.25, 0.3) is 0 Å². The normalized spacial score (nSPS) is 21.0. The maximum Gasteiger partial charge on any atom is 0.410 e. The molecule has 1 aliphatic heterocycles. The van der Waals surface area contributed by atoms with Crippen LogP contribution in [0.2, 0.25) is 0 Å². The van der Waals surface area contributed by atoms with Crippen molar-refractivity contribution in [2.24, 2.45) is 5.92 Å². The lowest BCUT2D eigenvalue weighted by atomic mass is 9.88. The third kappa shape index (κ3) is 3.63. The van der Waals surface area contributed by atoms with Crippen LogP contribution in [0.15, 0.2) is 12.1 Å². The van der Waals surface area contributed by atoms with Gasteiger partial charge in [0.15, 0.2) is 17.5 Å². The molecule has 1 saturated heterocycles. The fraction of sp³-hybridized carbons (Fsp3) is 0.500. The molecule has 8 heteroatoms.